The van der Waals surface area contributed by atoms with Crippen molar-refractivity contribution in [2.75, 3.05) is 0 Å². The van der Waals surface area contributed by atoms with E-state index in [1.54, 1.807) is 17.4 Å². The summed E-state index contributed by atoms with van der Waals surface area (Å²) >= 11 is 1.65. The van der Waals surface area contributed by atoms with E-state index < -0.39 is 6.85 Å². The van der Waals surface area contributed by atoms with Gasteiger partial charge in [0.2, 0.25) is 0 Å². The van der Waals surface area contributed by atoms with Crippen LogP contribution in [0.2, 0.25) is 0 Å². The normalized spacial score (nSPS) is 13.1. The fourth-order valence-corrected chi connectivity index (χ4v) is 8.19. The van der Waals surface area contributed by atoms with Crippen molar-refractivity contribution in [3.63, 3.8) is 0 Å². The van der Waals surface area contributed by atoms with Crippen LogP contribution in [0.1, 0.15) is 60.3 Å². The molecule has 0 amide bonds. The first-order valence-electron chi connectivity index (χ1n) is 17.9. The van der Waals surface area contributed by atoms with Gasteiger partial charge in [-0.3, -0.25) is 4.57 Å². The van der Waals surface area contributed by atoms with Gasteiger partial charge in [-0.2, -0.15) is 0 Å². The van der Waals surface area contributed by atoms with E-state index in [2.05, 4.69) is 123 Å². The Hall–Kier alpha value is -4.99. The Morgan fingerprint density at radius 1 is 0.638 bits per heavy atom. The molecular weight excluding hydrogens is 589 g/mol. The summed E-state index contributed by atoms with van der Waals surface area (Å²) in [5, 5.41) is 1.74. The maximum Gasteiger partial charge on any atom is 0.147 e. The lowest BCUT2D eigenvalue weighted by molar-refractivity contribution is 0.812. The molecule has 230 valence electrons. The number of benzene rings is 6. The van der Waals surface area contributed by atoms with Gasteiger partial charge in [0.05, 0.1) is 16.7 Å². The average Bonchev–Trinajstić information content (AvgIpc) is 3.69. The van der Waals surface area contributed by atoms with E-state index in [4.69, 9.17) is 9.10 Å². The Balaban J connectivity index is 1.46. The third-order valence-corrected chi connectivity index (χ3v) is 10.5. The van der Waals surface area contributed by atoms with Crippen molar-refractivity contribution in [2.45, 2.75) is 46.4 Å². The van der Waals surface area contributed by atoms with Gasteiger partial charge in [0, 0.05) is 29.8 Å². The molecule has 2 heterocycles. The number of aromatic nitrogens is 2. The standard InChI is InChI=1S/C44H38N2S/c1-27(2)36-24-33(31-16-10-7-11-17-31)25-37(28(3)4)42(36)46-39-19-13-12-18-38(39)45-44(46)35-22-20-29(5)41-34-23-21-32(26-40(34)47-43(35)41)30-14-8-6-9-15-30/h6-28H,1-5H3/i5D3. The molecule has 0 saturated carbocycles. The molecule has 0 N–H and O–H groups in total. The number of para-hydroxylation sites is 2. The number of hydrogen-bond donors (Lipinski definition) is 0. The van der Waals surface area contributed by atoms with Crippen LogP contribution >= 0.6 is 11.3 Å². The van der Waals surface area contributed by atoms with Gasteiger partial charge in [-0.05, 0) is 94.0 Å². The maximum atomic E-state index is 8.54. The molecule has 0 radical (unpaired) electrons. The predicted molar refractivity (Wildman–Crippen MR) is 203 cm³/mol. The average molecular weight is 630 g/mol. The Morgan fingerprint density at radius 2 is 1.28 bits per heavy atom. The summed E-state index contributed by atoms with van der Waals surface area (Å²) in [6.07, 6.45) is 0. The first-order chi connectivity index (χ1) is 24.1. The smallest absolute Gasteiger partial charge is 0.147 e. The minimum absolute atomic E-state index is 0.235. The molecule has 3 heteroatoms. The van der Waals surface area contributed by atoms with Crippen LogP contribution in [-0.2, 0) is 0 Å². The molecule has 0 aliphatic rings. The van der Waals surface area contributed by atoms with Gasteiger partial charge in [0.15, 0.2) is 0 Å². The minimum atomic E-state index is -2.27. The fourth-order valence-electron chi connectivity index (χ4n) is 6.91. The van der Waals surface area contributed by atoms with E-state index in [-0.39, 0.29) is 11.8 Å². The highest BCUT2D eigenvalue weighted by Crippen LogP contribution is 2.45. The molecular formula is C44H38N2S. The second kappa shape index (κ2) is 11.7. The van der Waals surface area contributed by atoms with Gasteiger partial charge >= 0.3 is 0 Å². The summed E-state index contributed by atoms with van der Waals surface area (Å²) in [5.74, 6) is 1.29. The molecule has 2 aromatic heterocycles. The first-order valence-corrected chi connectivity index (χ1v) is 17.2. The molecule has 0 aliphatic carbocycles. The largest absolute Gasteiger partial charge is 0.292 e. The number of fused-ring (bicyclic) bond motifs is 4. The summed E-state index contributed by atoms with van der Waals surface area (Å²) in [6, 6.07) is 44.1. The van der Waals surface area contributed by atoms with Crippen molar-refractivity contribution in [2.24, 2.45) is 0 Å². The summed E-state index contributed by atoms with van der Waals surface area (Å²) in [5.41, 5.74) is 11.5. The zero-order valence-electron chi connectivity index (χ0n) is 30.1. The van der Waals surface area contributed by atoms with E-state index in [1.807, 2.05) is 30.3 Å². The molecule has 0 atom stereocenters. The van der Waals surface area contributed by atoms with E-state index >= 15 is 0 Å². The molecule has 6 aromatic carbocycles. The number of nitrogens with zero attached hydrogens (tertiary/aromatic N) is 2. The predicted octanol–water partition coefficient (Wildman–Crippen LogP) is 12.9. The van der Waals surface area contributed by atoms with Crippen LogP contribution in [0.25, 0.3) is 70.5 Å². The van der Waals surface area contributed by atoms with Crippen molar-refractivity contribution in [1.82, 2.24) is 9.55 Å². The second-order valence-corrected chi connectivity index (χ2v) is 14.0. The van der Waals surface area contributed by atoms with Gasteiger partial charge < -0.3 is 0 Å². The Kier molecular flexibility index (Phi) is 6.48. The van der Waals surface area contributed by atoms with Crippen molar-refractivity contribution < 1.29 is 4.11 Å². The summed E-state index contributed by atoms with van der Waals surface area (Å²) < 4.78 is 30.0. The molecule has 8 aromatic rings. The fraction of sp³-hybridized carbons (Fsp3) is 0.159. The number of aryl methyl sites for hydroxylation is 1. The monoisotopic (exact) mass is 629 g/mol. The zero-order valence-corrected chi connectivity index (χ0v) is 27.9. The van der Waals surface area contributed by atoms with Crippen LogP contribution in [0.15, 0.2) is 127 Å². The van der Waals surface area contributed by atoms with Crippen LogP contribution in [0.5, 0.6) is 0 Å². The Labute approximate surface area is 285 Å². The molecule has 2 nitrogen and oxygen atoms in total. The van der Waals surface area contributed by atoms with E-state index in [0.29, 0.717) is 5.56 Å². The highest BCUT2D eigenvalue weighted by Gasteiger charge is 2.25. The lowest BCUT2D eigenvalue weighted by Crippen LogP contribution is -2.09. The number of rotatable bonds is 6. The highest BCUT2D eigenvalue weighted by molar-refractivity contribution is 7.26. The van der Waals surface area contributed by atoms with Crippen molar-refractivity contribution in [3.8, 4) is 39.3 Å². The Morgan fingerprint density at radius 3 is 1.94 bits per heavy atom. The molecule has 0 aliphatic heterocycles. The van der Waals surface area contributed by atoms with Crippen LogP contribution in [0.4, 0.5) is 0 Å². The van der Waals surface area contributed by atoms with Gasteiger partial charge in [-0.1, -0.05) is 119 Å². The van der Waals surface area contributed by atoms with Gasteiger partial charge in [-0.15, -0.1) is 11.3 Å². The number of imidazole rings is 1. The SMILES string of the molecule is [2H]C([2H])([2H])c1ccc(-c2nc3ccccc3n2-c2c(C(C)C)cc(-c3ccccc3)cc2C(C)C)c2sc3cc(-c4ccccc4)ccc3c12. The van der Waals surface area contributed by atoms with Crippen LogP contribution in [-0.4, -0.2) is 9.55 Å². The lowest BCUT2D eigenvalue weighted by atomic mass is 9.88. The quantitative estimate of drug-likeness (QED) is 0.179. The first kappa shape index (κ1) is 26.1. The molecule has 47 heavy (non-hydrogen) atoms. The van der Waals surface area contributed by atoms with Gasteiger partial charge in [0.25, 0.3) is 0 Å². The van der Waals surface area contributed by atoms with Crippen LogP contribution in [0, 0.1) is 6.85 Å². The van der Waals surface area contributed by atoms with E-state index in [9.17, 15) is 0 Å². The lowest BCUT2D eigenvalue weighted by Gasteiger charge is -2.24. The third kappa shape index (κ3) is 4.97. The number of thiophene rings is 1. The van der Waals surface area contributed by atoms with Gasteiger partial charge in [0.1, 0.15) is 5.82 Å². The molecule has 0 bridgehead atoms. The van der Waals surface area contributed by atoms with Gasteiger partial charge in [-0.25, -0.2) is 4.98 Å². The highest BCUT2D eigenvalue weighted by atomic mass is 32.1. The zero-order chi connectivity index (χ0) is 34.7. The van der Waals surface area contributed by atoms with E-state index in [1.165, 1.54) is 22.3 Å². The van der Waals surface area contributed by atoms with Crippen LogP contribution < -0.4 is 0 Å². The molecule has 0 saturated heterocycles. The van der Waals surface area contributed by atoms with Crippen molar-refractivity contribution in [3.05, 3.63) is 144 Å². The molecule has 0 spiro atoms. The Bertz CT molecular complexity index is 2490. The maximum absolute atomic E-state index is 8.54. The third-order valence-electron chi connectivity index (χ3n) is 9.27. The van der Waals surface area contributed by atoms with Crippen molar-refractivity contribution in [1.29, 1.82) is 0 Å². The van der Waals surface area contributed by atoms with Crippen molar-refractivity contribution >= 4 is 42.5 Å². The summed E-state index contributed by atoms with van der Waals surface area (Å²) in [4.78, 5) is 5.35. The molecule has 8 rings (SSSR count). The number of hydrogen-bond acceptors (Lipinski definition) is 2. The molecule has 0 fully saturated rings. The van der Waals surface area contributed by atoms with Crippen LogP contribution in [0.3, 0.4) is 0 Å². The summed E-state index contributed by atoms with van der Waals surface area (Å²) in [7, 11) is 0. The topological polar surface area (TPSA) is 17.8 Å². The second-order valence-electron chi connectivity index (χ2n) is 13.0. The van der Waals surface area contributed by atoms with E-state index in [0.717, 1.165) is 59.4 Å². The molecule has 0 unspecified atom stereocenters. The summed E-state index contributed by atoms with van der Waals surface area (Å²) in [6.45, 7) is 6.77. The minimum Gasteiger partial charge on any atom is -0.292 e.